The number of para-hydroxylation sites is 2. The SMILES string of the molecule is CCN(CC)c1cc(CCC(=O)NCc2nc3ccccc3n2C)ccn1. The van der Waals surface area contributed by atoms with E-state index in [9.17, 15) is 4.79 Å². The summed E-state index contributed by atoms with van der Waals surface area (Å²) in [5.74, 6) is 1.86. The summed E-state index contributed by atoms with van der Waals surface area (Å²) < 4.78 is 2.02. The van der Waals surface area contributed by atoms with Crippen molar-refractivity contribution in [3.05, 3.63) is 54.0 Å². The summed E-state index contributed by atoms with van der Waals surface area (Å²) in [7, 11) is 1.97. The summed E-state index contributed by atoms with van der Waals surface area (Å²) >= 11 is 0. The Morgan fingerprint density at radius 1 is 1.19 bits per heavy atom. The first-order chi connectivity index (χ1) is 13.1. The van der Waals surface area contributed by atoms with Gasteiger partial charge < -0.3 is 14.8 Å². The highest BCUT2D eigenvalue weighted by Crippen LogP contribution is 2.15. The molecule has 1 aromatic carbocycles. The topological polar surface area (TPSA) is 63.1 Å². The average molecular weight is 365 g/mol. The summed E-state index contributed by atoms with van der Waals surface area (Å²) in [6, 6.07) is 12.0. The van der Waals surface area contributed by atoms with Crippen LogP contribution in [0.5, 0.6) is 0 Å². The van der Waals surface area contributed by atoms with Gasteiger partial charge >= 0.3 is 0 Å². The van der Waals surface area contributed by atoms with Gasteiger partial charge in [-0.1, -0.05) is 12.1 Å². The van der Waals surface area contributed by atoms with E-state index in [-0.39, 0.29) is 5.91 Å². The fourth-order valence-electron chi connectivity index (χ4n) is 3.21. The fourth-order valence-corrected chi connectivity index (χ4v) is 3.21. The largest absolute Gasteiger partial charge is 0.357 e. The number of carbonyl (C=O) groups is 1. The predicted molar refractivity (Wildman–Crippen MR) is 109 cm³/mol. The van der Waals surface area contributed by atoms with Gasteiger partial charge in [-0.2, -0.15) is 0 Å². The van der Waals surface area contributed by atoms with Crippen molar-refractivity contribution in [2.24, 2.45) is 7.05 Å². The van der Waals surface area contributed by atoms with Gasteiger partial charge in [-0.05, 0) is 50.1 Å². The number of hydrogen-bond acceptors (Lipinski definition) is 4. The number of aromatic nitrogens is 3. The van der Waals surface area contributed by atoms with E-state index in [0.29, 0.717) is 19.4 Å². The van der Waals surface area contributed by atoms with Crippen LogP contribution >= 0.6 is 0 Å². The molecule has 3 aromatic rings. The zero-order valence-electron chi connectivity index (χ0n) is 16.3. The Morgan fingerprint density at radius 3 is 2.70 bits per heavy atom. The summed E-state index contributed by atoms with van der Waals surface area (Å²) in [6.45, 7) is 6.51. The van der Waals surface area contributed by atoms with Crippen LogP contribution in [0.1, 0.15) is 31.7 Å². The second-order valence-corrected chi connectivity index (χ2v) is 6.55. The number of anilines is 1. The van der Waals surface area contributed by atoms with Gasteiger partial charge in [-0.3, -0.25) is 4.79 Å². The molecule has 2 aromatic heterocycles. The number of aryl methyl sites for hydroxylation is 2. The molecule has 0 aliphatic rings. The highest BCUT2D eigenvalue weighted by Gasteiger charge is 2.10. The molecular weight excluding hydrogens is 338 g/mol. The number of hydrogen-bond donors (Lipinski definition) is 1. The van der Waals surface area contributed by atoms with Crippen molar-refractivity contribution >= 4 is 22.8 Å². The van der Waals surface area contributed by atoms with E-state index in [0.717, 1.165) is 41.3 Å². The van der Waals surface area contributed by atoms with Crippen LogP contribution < -0.4 is 10.2 Å². The number of pyridine rings is 1. The van der Waals surface area contributed by atoms with Gasteiger partial charge in [0.2, 0.25) is 5.91 Å². The van der Waals surface area contributed by atoms with E-state index in [1.54, 1.807) is 0 Å². The van der Waals surface area contributed by atoms with Crippen LogP contribution in [-0.2, 0) is 24.8 Å². The minimum absolute atomic E-state index is 0.0308. The minimum atomic E-state index is 0.0308. The summed E-state index contributed by atoms with van der Waals surface area (Å²) in [6.07, 6.45) is 2.97. The number of imidazole rings is 1. The van der Waals surface area contributed by atoms with Crippen LogP contribution in [0.2, 0.25) is 0 Å². The maximum Gasteiger partial charge on any atom is 0.220 e. The van der Waals surface area contributed by atoms with Gasteiger partial charge in [0.25, 0.3) is 0 Å². The third kappa shape index (κ3) is 4.45. The second-order valence-electron chi connectivity index (χ2n) is 6.55. The van der Waals surface area contributed by atoms with E-state index in [4.69, 9.17) is 0 Å². The maximum absolute atomic E-state index is 12.3. The van der Waals surface area contributed by atoms with Crippen molar-refractivity contribution in [1.29, 1.82) is 0 Å². The van der Waals surface area contributed by atoms with Crippen LogP contribution in [-0.4, -0.2) is 33.5 Å². The molecule has 1 amide bonds. The van der Waals surface area contributed by atoms with Crippen LogP contribution in [0.3, 0.4) is 0 Å². The van der Waals surface area contributed by atoms with Gasteiger partial charge in [-0.25, -0.2) is 9.97 Å². The maximum atomic E-state index is 12.3. The van der Waals surface area contributed by atoms with Crippen molar-refractivity contribution in [3.63, 3.8) is 0 Å². The lowest BCUT2D eigenvalue weighted by molar-refractivity contribution is -0.121. The first kappa shape index (κ1) is 18.9. The molecule has 0 aliphatic carbocycles. The Kier molecular flexibility index (Phi) is 6.06. The molecular formula is C21H27N5O. The molecule has 0 saturated carbocycles. The Labute approximate surface area is 160 Å². The molecule has 0 radical (unpaired) electrons. The van der Waals surface area contributed by atoms with Crippen molar-refractivity contribution in [1.82, 2.24) is 19.9 Å². The molecule has 6 heteroatoms. The summed E-state index contributed by atoms with van der Waals surface area (Å²) in [4.78, 5) is 23.5. The molecule has 0 bridgehead atoms. The van der Waals surface area contributed by atoms with E-state index >= 15 is 0 Å². The number of carbonyl (C=O) groups excluding carboxylic acids is 1. The second kappa shape index (κ2) is 8.66. The van der Waals surface area contributed by atoms with E-state index in [2.05, 4.69) is 40.1 Å². The van der Waals surface area contributed by atoms with Crippen LogP contribution in [0.25, 0.3) is 11.0 Å². The summed E-state index contributed by atoms with van der Waals surface area (Å²) in [5, 5.41) is 2.98. The number of nitrogens with one attached hydrogen (secondary N) is 1. The normalized spacial score (nSPS) is 10.9. The van der Waals surface area contributed by atoms with Gasteiger partial charge in [0, 0.05) is 32.8 Å². The molecule has 0 spiro atoms. The average Bonchev–Trinajstić information content (AvgIpc) is 3.02. The van der Waals surface area contributed by atoms with E-state index in [1.165, 1.54) is 0 Å². The molecule has 0 atom stereocenters. The van der Waals surface area contributed by atoms with Gasteiger partial charge in [-0.15, -0.1) is 0 Å². The molecule has 3 rings (SSSR count). The molecule has 0 unspecified atom stereocenters. The molecule has 6 nitrogen and oxygen atoms in total. The predicted octanol–water partition coefficient (Wildman–Crippen LogP) is 3.06. The molecule has 0 aliphatic heterocycles. The number of fused-ring (bicyclic) bond motifs is 1. The number of rotatable bonds is 8. The first-order valence-corrected chi connectivity index (χ1v) is 9.49. The van der Waals surface area contributed by atoms with E-state index < -0.39 is 0 Å². The lowest BCUT2D eigenvalue weighted by Gasteiger charge is -2.20. The van der Waals surface area contributed by atoms with Crippen molar-refractivity contribution in [2.45, 2.75) is 33.2 Å². The minimum Gasteiger partial charge on any atom is -0.357 e. The Morgan fingerprint density at radius 2 is 1.96 bits per heavy atom. The van der Waals surface area contributed by atoms with Crippen molar-refractivity contribution in [2.75, 3.05) is 18.0 Å². The number of nitrogens with zero attached hydrogens (tertiary/aromatic N) is 4. The van der Waals surface area contributed by atoms with Crippen molar-refractivity contribution in [3.8, 4) is 0 Å². The zero-order valence-corrected chi connectivity index (χ0v) is 16.3. The highest BCUT2D eigenvalue weighted by molar-refractivity contribution is 5.77. The highest BCUT2D eigenvalue weighted by atomic mass is 16.1. The zero-order chi connectivity index (χ0) is 19.2. The van der Waals surface area contributed by atoms with Gasteiger partial charge in [0.05, 0.1) is 17.6 Å². The number of amides is 1. The molecule has 142 valence electrons. The summed E-state index contributed by atoms with van der Waals surface area (Å²) in [5.41, 5.74) is 3.15. The monoisotopic (exact) mass is 365 g/mol. The molecule has 27 heavy (non-hydrogen) atoms. The Bertz CT molecular complexity index is 914. The van der Waals surface area contributed by atoms with Crippen molar-refractivity contribution < 1.29 is 4.79 Å². The van der Waals surface area contributed by atoms with Crippen LogP contribution in [0.4, 0.5) is 5.82 Å². The lowest BCUT2D eigenvalue weighted by atomic mass is 10.1. The lowest BCUT2D eigenvalue weighted by Crippen LogP contribution is -2.25. The Balaban J connectivity index is 1.55. The van der Waals surface area contributed by atoms with Gasteiger partial charge in [0.15, 0.2) is 0 Å². The smallest absolute Gasteiger partial charge is 0.220 e. The third-order valence-corrected chi connectivity index (χ3v) is 4.86. The first-order valence-electron chi connectivity index (χ1n) is 9.49. The van der Waals surface area contributed by atoms with Gasteiger partial charge in [0.1, 0.15) is 11.6 Å². The van der Waals surface area contributed by atoms with Crippen LogP contribution in [0.15, 0.2) is 42.6 Å². The fraction of sp³-hybridized carbons (Fsp3) is 0.381. The van der Waals surface area contributed by atoms with E-state index in [1.807, 2.05) is 48.1 Å². The standard InChI is InChI=1S/C21H27N5O/c1-4-26(5-2)19-14-16(12-13-22-19)10-11-21(27)23-15-20-24-17-8-6-7-9-18(17)25(20)3/h6-9,12-14H,4-5,10-11,15H2,1-3H3,(H,23,27). The molecule has 0 saturated heterocycles. The number of benzene rings is 1. The third-order valence-electron chi connectivity index (χ3n) is 4.86. The van der Waals surface area contributed by atoms with Crippen LogP contribution in [0, 0.1) is 0 Å². The quantitative estimate of drug-likeness (QED) is 0.666. The molecule has 0 fully saturated rings. The Hall–Kier alpha value is -2.89. The molecule has 1 N–H and O–H groups in total. The molecule has 2 heterocycles.